The molecule has 1 N–H and O–H groups in total. The van der Waals surface area contributed by atoms with Crippen molar-refractivity contribution in [1.29, 1.82) is 0 Å². The molecule has 5 heteroatoms. The average Bonchev–Trinajstić information content (AvgIpc) is 2.87. The van der Waals surface area contributed by atoms with Crippen LogP contribution in [0.4, 0.5) is 5.69 Å². The van der Waals surface area contributed by atoms with Crippen LogP contribution >= 0.6 is 0 Å². The van der Waals surface area contributed by atoms with Crippen LogP contribution in [0, 0.1) is 6.92 Å². The first-order chi connectivity index (χ1) is 10.4. The van der Waals surface area contributed by atoms with Gasteiger partial charge in [-0.1, -0.05) is 31.1 Å². The van der Waals surface area contributed by atoms with Gasteiger partial charge in [-0.3, -0.25) is 4.79 Å². The Hall–Kier alpha value is -2.30. The molecule has 0 unspecified atom stereocenters. The summed E-state index contributed by atoms with van der Waals surface area (Å²) in [5.41, 5.74) is 3.34. The van der Waals surface area contributed by atoms with E-state index in [1.54, 1.807) is 6.92 Å². The summed E-state index contributed by atoms with van der Waals surface area (Å²) in [6, 6.07) is 8.08. The topological polar surface area (TPSA) is 58.4 Å². The first kappa shape index (κ1) is 16.1. The number of benzene rings is 1. The van der Waals surface area contributed by atoms with Crippen molar-refractivity contribution >= 4 is 11.6 Å². The van der Waals surface area contributed by atoms with E-state index in [0.29, 0.717) is 23.6 Å². The molecule has 0 fully saturated rings. The van der Waals surface area contributed by atoms with Crippen molar-refractivity contribution < 1.29 is 9.32 Å². The van der Waals surface area contributed by atoms with Crippen LogP contribution in [0.2, 0.25) is 0 Å². The molecule has 0 bridgehead atoms. The van der Waals surface area contributed by atoms with Crippen molar-refractivity contribution in [2.24, 2.45) is 0 Å². The lowest BCUT2D eigenvalue weighted by atomic mass is 10.0. The maximum absolute atomic E-state index is 12.4. The van der Waals surface area contributed by atoms with E-state index in [1.807, 2.05) is 51.0 Å². The zero-order valence-corrected chi connectivity index (χ0v) is 13.8. The lowest BCUT2D eigenvalue weighted by Gasteiger charge is -2.14. The van der Waals surface area contributed by atoms with Gasteiger partial charge in [-0.05, 0) is 24.6 Å². The number of rotatable bonds is 5. The smallest absolute Gasteiger partial charge is 0.257 e. The second-order valence-electron chi connectivity index (χ2n) is 5.91. The molecule has 0 saturated carbocycles. The molecule has 118 valence electrons. The minimum absolute atomic E-state index is 0.124. The number of aromatic nitrogens is 1. The van der Waals surface area contributed by atoms with Gasteiger partial charge in [0.2, 0.25) is 0 Å². The molecule has 2 rings (SSSR count). The van der Waals surface area contributed by atoms with Crippen molar-refractivity contribution in [3.8, 4) is 0 Å². The number of hydrogen-bond donors (Lipinski definition) is 1. The Morgan fingerprint density at radius 1 is 1.36 bits per heavy atom. The molecule has 5 nitrogen and oxygen atoms in total. The Kier molecular flexibility index (Phi) is 4.85. The first-order valence-corrected chi connectivity index (χ1v) is 7.40. The average molecular weight is 301 g/mol. The highest BCUT2D eigenvalue weighted by Crippen LogP contribution is 2.22. The molecule has 0 aliphatic heterocycles. The third-order valence-electron chi connectivity index (χ3n) is 3.52. The number of carbonyl (C=O) groups is 1. The van der Waals surface area contributed by atoms with E-state index in [4.69, 9.17) is 4.52 Å². The van der Waals surface area contributed by atoms with E-state index in [0.717, 1.165) is 11.3 Å². The van der Waals surface area contributed by atoms with E-state index in [1.165, 1.54) is 0 Å². The quantitative estimate of drug-likeness (QED) is 0.922. The van der Waals surface area contributed by atoms with Gasteiger partial charge in [0.15, 0.2) is 5.76 Å². The zero-order valence-electron chi connectivity index (χ0n) is 13.8. The van der Waals surface area contributed by atoms with Crippen molar-refractivity contribution in [1.82, 2.24) is 10.5 Å². The number of carbonyl (C=O) groups excluding carboxylic acids is 1. The van der Waals surface area contributed by atoms with Crippen LogP contribution in [0.15, 0.2) is 28.8 Å². The molecule has 1 aromatic heterocycles. The molecule has 0 aliphatic carbocycles. The Morgan fingerprint density at radius 2 is 2.09 bits per heavy atom. The number of hydrogen-bond acceptors (Lipinski definition) is 4. The molecule has 1 amide bonds. The lowest BCUT2D eigenvalue weighted by molar-refractivity contribution is 0.0948. The largest absolute Gasteiger partial charge is 0.378 e. The van der Waals surface area contributed by atoms with Gasteiger partial charge in [0.25, 0.3) is 5.91 Å². The molecule has 1 heterocycles. The molecular formula is C17H23N3O2. The summed E-state index contributed by atoms with van der Waals surface area (Å²) in [5, 5.41) is 6.85. The van der Waals surface area contributed by atoms with Gasteiger partial charge < -0.3 is 14.7 Å². The molecule has 2 aromatic rings. The summed E-state index contributed by atoms with van der Waals surface area (Å²) >= 11 is 0. The molecule has 0 atom stereocenters. The van der Waals surface area contributed by atoms with Crippen LogP contribution < -0.4 is 10.2 Å². The fourth-order valence-electron chi connectivity index (χ4n) is 2.27. The summed E-state index contributed by atoms with van der Waals surface area (Å²) < 4.78 is 5.26. The summed E-state index contributed by atoms with van der Waals surface area (Å²) in [5.74, 6) is 0.619. The highest BCUT2D eigenvalue weighted by Gasteiger charge is 2.22. The predicted octanol–water partition coefficient (Wildman–Crippen LogP) is 3.10. The maximum atomic E-state index is 12.4. The molecular weight excluding hydrogens is 278 g/mol. The first-order valence-electron chi connectivity index (χ1n) is 7.40. The second-order valence-corrected chi connectivity index (χ2v) is 5.91. The standard InChI is InChI=1S/C17H23N3O2/c1-11(2)16-15(12(3)19-22-16)17(21)18-10-13-7-6-8-14(9-13)20(4)5/h6-9,11H,10H2,1-5H3,(H,18,21). The minimum Gasteiger partial charge on any atom is -0.378 e. The van der Waals surface area contributed by atoms with Crippen LogP contribution in [0.25, 0.3) is 0 Å². The lowest BCUT2D eigenvalue weighted by Crippen LogP contribution is -2.24. The van der Waals surface area contributed by atoms with Crippen LogP contribution in [0.3, 0.4) is 0 Å². The van der Waals surface area contributed by atoms with Crippen molar-refractivity contribution in [3.63, 3.8) is 0 Å². The van der Waals surface area contributed by atoms with E-state index in [-0.39, 0.29) is 11.8 Å². The van der Waals surface area contributed by atoms with Crippen LogP contribution in [0.1, 0.15) is 47.1 Å². The SMILES string of the molecule is Cc1noc(C(C)C)c1C(=O)NCc1cccc(N(C)C)c1. The summed E-state index contributed by atoms with van der Waals surface area (Å²) in [6.07, 6.45) is 0. The fraction of sp³-hybridized carbons (Fsp3) is 0.412. The van der Waals surface area contributed by atoms with Crippen molar-refractivity contribution in [2.45, 2.75) is 33.2 Å². The number of nitrogens with zero attached hydrogens (tertiary/aromatic N) is 2. The summed E-state index contributed by atoms with van der Waals surface area (Å²) in [4.78, 5) is 14.5. The van der Waals surface area contributed by atoms with Gasteiger partial charge in [0, 0.05) is 32.2 Å². The monoisotopic (exact) mass is 301 g/mol. The van der Waals surface area contributed by atoms with Gasteiger partial charge in [0.1, 0.15) is 5.56 Å². The number of anilines is 1. The van der Waals surface area contributed by atoms with Crippen molar-refractivity contribution in [3.05, 3.63) is 46.8 Å². The Balaban J connectivity index is 2.10. The molecule has 22 heavy (non-hydrogen) atoms. The van der Waals surface area contributed by atoms with Crippen LogP contribution in [0.5, 0.6) is 0 Å². The second kappa shape index (κ2) is 6.64. The van der Waals surface area contributed by atoms with Gasteiger partial charge >= 0.3 is 0 Å². The molecule has 0 spiro atoms. The Morgan fingerprint density at radius 3 is 2.73 bits per heavy atom. The van der Waals surface area contributed by atoms with Gasteiger partial charge in [-0.15, -0.1) is 0 Å². The van der Waals surface area contributed by atoms with E-state index >= 15 is 0 Å². The number of amides is 1. The summed E-state index contributed by atoms with van der Waals surface area (Å²) in [6.45, 7) is 6.23. The van der Waals surface area contributed by atoms with E-state index in [9.17, 15) is 4.79 Å². The third kappa shape index (κ3) is 3.47. The Bertz CT molecular complexity index is 660. The zero-order chi connectivity index (χ0) is 16.3. The maximum Gasteiger partial charge on any atom is 0.257 e. The number of aryl methyl sites for hydroxylation is 1. The van der Waals surface area contributed by atoms with Gasteiger partial charge in [-0.25, -0.2) is 0 Å². The normalized spacial score (nSPS) is 10.8. The van der Waals surface area contributed by atoms with Gasteiger partial charge in [-0.2, -0.15) is 0 Å². The van der Waals surface area contributed by atoms with Crippen LogP contribution in [-0.4, -0.2) is 25.2 Å². The number of nitrogens with one attached hydrogen (secondary N) is 1. The van der Waals surface area contributed by atoms with Gasteiger partial charge in [0.05, 0.1) is 5.69 Å². The minimum atomic E-state index is -0.141. The molecule has 1 aromatic carbocycles. The van der Waals surface area contributed by atoms with E-state index < -0.39 is 0 Å². The van der Waals surface area contributed by atoms with Crippen LogP contribution in [-0.2, 0) is 6.54 Å². The third-order valence-corrected chi connectivity index (χ3v) is 3.52. The highest BCUT2D eigenvalue weighted by molar-refractivity contribution is 5.96. The molecule has 0 radical (unpaired) electrons. The Labute approximate surface area is 131 Å². The predicted molar refractivity (Wildman–Crippen MR) is 87.3 cm³/mol. The molecule has 0 aliphatic rings. The van der Waals surface area contributed by atoms with E-state index in [2.05, 4.69) is 16.5 Å². The summed E-state index contributed by atoms with van der Waals surface area (Å²) in [7, 11) is 3.99. The highest BCUT2D eigenvalue weighted by atomic mass is 16.5. The molecule has 0 saturated heterocycles. The fourth-order valence-corrected chi connectivity index (χ4v) is 2.27. The van der Waals surface area contributed by atoms with Crippen molar-refractivity contribution in [2.75, 3.05) is 19.0 Å².